The highest BCUT2D eigenvalue weighted by atomic mass is 19.1. The second kappa shape index (κ2) is 6.87. The fourth-order valence-corrected chi connectivity index (χ4v) is 1.84. The van der Waals surface area contributed by atoms with Crippen molar-refractivity contribution in [3.05, 3.63) is 29.6 Å². The molecule has 0 aliphatic heterocycles. The van der Waals surface area contributed by atoms with Crippen molar-refractivity contribution in [1.82, 2.24) is 4.90 Å². The fourth-order valence-electron chi connectivity index (χ4n) is 1.84. The van der Waals surface area contributed by atoms with Gasteiger partial charge in [0.05, 0.1) is 7.11 Å². The predicted molar refractivity (Wildman–Crippen MR) is 77.0 cm³/mol. The zero-order chi connectivity index (χ0) is 14.5. The maximum absolute atomic E-state index is 13.2. The molecule has 3 nitrogen and oxygen atoms in total. The molecule has 0 saturated heterocycles. The average molecular weight is 268 g/mol. The topological polar surface area (TPSA) is 38.5 Å². The van der Waals surface area contributed by atoms with E-state index in [1.165, 1.54) is 6.07 Å². The Kier molecular flexibility index (Phi) is 5.76. The second-order valence-corrected chi connectivity index (χ2v) is 5.75. The number of ether oxygens (including phenoxy) is 1. The largest absolute Gasteiger partial charge is 0.496 e. The van der Waals surface area contributed by atoms with Crippen LogP contribution in [0, 0.1) is 5.82 Å². The van der Waals surface area contributed by atoms with E-state index in [-0.39, 0.29) is 11.4 Å². The third-order valence-corrected chi connectivity index (χ3v) is 3.14. The number of hydrogen-bond acceptors (Lipinski definition) is 3. The molecule has 0 aromatic heterocycles. The number of benzene rings is 1. The Hall–Kier alpha value is -1.13. The summed E-state index contributed by atoms with van der Waals surface area (Å²) >= 11 is 0. The molecule has 0 unspecified atom stereocenters. The fraction of sp³-hybridized carbons (Fsp3) is 0.600. The zero-order valence-corrected chi connectivity index (χ0v) is 12.4. The molecule has 0 bridgehead atoms. The molecular formula is C15H25FN2O. The first-order chi connectivity index (χ1) is 8.81. The molecule has 0 spiro atoms. The monoisotopic (exact) mass is 268 g/mol. The minimum absolute atomic E-state index is 0.148. The van der Waals surface area contributed by atoms with Crippen LogP contribution in [-0.2, 0) is 6.42 Å². The van der Waals surface area contributed by atoms with Gasteiger partial charge in [0.2, 0.25) is 0 Å². The minimum Gasteiger partial charge on any atom is -0.496 e. The molecule has 0 fully saturated rings. The van der Waals surface area contributed by atoms with Gasteiger partial charge in [0.1, 0.15) is 11.6 Å². The van der Waals surface area contributed by atoms with Crippen LogP contribution in [0.1, 0.15) is 25.8 Å². The van der Waals surface area contributed by atoms with Crippen LogP contribution in [0.2, 0.25) is 0 Å². The van der Waals surface area contributed by atoms with E-state index >= 15 is 0 Å². The van der Waals surface area contributed by atoms with Crippen LogP contribution in [0.4, 0.5) is 4.39 Å². The number of nitrogens with two attached hydrogens (primary N) is 1. The Morgan fingerprint density at radius 2 is 2.00 bits per heavy atom. The molecule has 0 atom stereocenters. The maximum Gasteiger partial charge on any atom is 0.123 e. The predicted octanol–water partition coefficient (Wildman–Crippen LogP) is 2.44. The highest BCUT2D eigenvalue weighted by molar-refractivity contribution is 5.34. The Morgan fingerprint density at radius 1 is 1.32 bits per heavy atom. The minimum atomic E-state index is -0.221. The van der Waals surface area contributed by atoms with Gasteiger partial charge in [-0.05, 0) is 64.0 Å². The average Bonchev–Trinajstić information content (AvgIpc) is 2.33. The number of rotatable bonds is 7. The molecule has 0 heterocycles. The summed E-state index contributed by atoms with van der Waals surface area (Å²) in [6.45, 7) is 5.84. The van der Waals surface area contributed by atoms with Crippen molar-refractivity contribution in [3.8, 4) is 5.75 Å². The quantitative estimate of drug-likeness (QED) is 0.825. The Bertz CT molecular complexity index is 402. The Balaban J connectivity index is 2.50. The van der Waals surface area contributed by atoms with E-state index in [0.29, 0.717) is 0 Å². The van der Waals surface area contributed by atoms with Crippen LogP contribution in [0.15, 0.2) is 18.2 Å². The van der Waals surface area contributed by atoms with Crippen LogP contribution >= 0.6 is 0 Å². The van der Waals surface area contributed by atoms with Crippen molar-refractivity contribution in [2.45, 2.75) is 32.2 Å². The lowest BCUT2D eigenvalue weighted by Crippen LogP contribution is -2.36. The SMILES string of the molecule is COc1ccc(F)cc1CCN(C)CCC(C)(C)N. The van der Waals surface area contributed by atoms with Gasteiger partial charge in [-0.25, -0.2) is 4.39 Å². The molecular weight excluding hydrogens is 243 g/mol. The smallest absolute Gasteiger partial charge is 0.123 e. The van der Waals surface area contributed by atoms with E-state index in [1.54, 1.807) is 19.2 Å². The maximum atomic E-state index is 13.2. The number of likely N-dealkylation sites (N-methyl/N-ethyl adjacent to an activating group) is 1. The van der Waals surface area contributed by atoms with Crippen molar-refractivity contribution in [1.29, 1.82) is 0 Å². The first-order valence-corrected chi connectivity index (χ1v) is 6.61. The molecule has 0 aliphatic rings. The third kappa shape index (κ3) is 6.03. The summed E-state index contributed by atoms with van der Waals surface area (Å²) in [6.07, 6.45) is 1.70. The van der Waals surface area contributed by atoms with Crippen molar-refractivity contribution in [3.63, 3.8) is 0 Å². The van der Waals surface area contributed by atoms with Crippen molar-refractivity contribution in [2.24, 2.45) is 5.73 Å². The number of methoxy groups -OCH3 is 1. The van der Waals surface area contributed by atoms with Gasteiger partial charge in [-0.15, -0.1) is 0 Å². The normalized spacial score (nSPS) is 11.9. The lowest BCUT2D eigenvalue weighted by molar-refractivity contribution is 0.297. The molecule has 19 heavy (non-hydrogen) atoms. The van der Waals surface area contributed by atoms with Crippen molar-refractivity contribution in [2.75, 3.05) is 27.2 Å². The standard InChI is InChI=1S/C15H25FN2O/c1-15(2,17)8-10-18(3)9-7-12-11-13(16)5-6-14(12)19-4/h5-6,11H,7-10,17H2,1-4H3. The summed E-state index contributed by atoms with van der Waals surface area (Å²) in [5.74, 6) is 0.524. The van der Waals surface area contributed by atoms with Gasteiger partial charge in [0, 0.05) is 12.1 Å². The molecule has 0 amide bonds. The van der Waals surface area contributed by atoms with Crippen LogP contribution in [0.5, 0.6) is 5.75 Å². The van der Waals surface area contributed by atoms with E-state index in [0.717, 1.165) is 37.2 Å². The summed E-state index contributed by atoms with van der Waals surface area (Å²) in [4.78, 5) is 2.21. The first-order valence-electron chi connectivity index (χ1n) is 6.61. The number of nitrogens with zero attached hydrogens (tertiary/aromatic N) is 1. The Morgan fingerprint density at radius 3 is 2.58 bits per heavy atom. The molecule has 0 radical (unpaired) electrons. The van der Waals surface area contributed by atoms with Crippen molar-refractivity contribution < 1.29 is 9.13 Å². The zero-order valence-electron chi connectivity index (χ0n) is 12.4. The summed E-state index contributed by atoms with van der Waals surface area (Å²) in [5, 5.41) is 0. The first kappa shape index (κ1) is 15.9. The van der Waals surface area contributed by atoms with Gasteiger partial charge in [0.15, 0.2) is 0 Å². The van der Waals surface area contributed by atoms with Crippen LogP contribution < -0.4 is 10.5 Å². The molecule has 4 heteroatoms. The van der Waals surface area contributed by atoms with Gasteiger partial charge < -0.3 is 15.4 Å². The summed E-state index contributed by atoms with van der Waals surface area (Å²) in [6, 6.07) is 4.64. The molecule has 1 aromatic carbocycles. The van der Waals surface area contributed by atoms with E-state index in [2.05, 4.69) is 11.9 Å². The lowest BCUT2D eigenvalue weighted by atomic mass is 10.0. The van der Waals surface area contributed by atoms with Crippen LogP contribution in [0.25, 0.3) is 0 Å². The van der Waals surface area contributed by atoms with Gasteiger partial charge in [-0.3, -0.25) is 0 Å². The molecule has 108 valence electrons. The van der Waals surface area contributed by atoms with Crippen LogP contribution in [0.3, 0.4) is 0 Å². The highest BCUT2D eigenvalue weighted by Crippen LogP contribution is 2.20. The van der Waals surface area contributed by atoms with Crippen LogP contribution in [-0.4, -0.2) is 37.7 Å². The van der Waals surface area contributed by atoms with Gasteiger partial charge in [0.25, 0.3) is 0 Å². The van der Waals surface area contributed by atoms with Crippen molar-refractivity contribution >= 4 is 0 Å². The summed E-state index contributed by atoms with van der Waals surface area (Å²) < 4.78 is 18.5. The van der Waals surface area contributed by atoms with E-state index < -0.39 is 0 Å². The van der Waals surface area contributed by atoms with Gasteiger partial charge in [-0.2, -0.15) is 0 Å². The molecule has 1 aromatic rings. The number of halogens is 1. The third-order valence-electron chi connectivity index (χ3n) is 3.14. The second-order valence-electron chi connectivity index (χ2n) is 5.75. The summed E-state index contributed by atoms with van der Waals surface area (Å²) in [5.41, 5.74) is 6.72. The number of hydrogen-bond donors (Lipinski definition) is 1. The lowest BCUT2D eigenvalue weighted by Gasteiger charge is -2.23. The van der Waals surface area contributed by atoms with Gasteiger partial charge in [-0.1, -0.05) is 0 Å². The van der Waals surface area contributed by atoms with Gasteiger partial charge >= 0.3 is 0 Å². The summed E-state index contributed by atoms with van der Waals surface area (Å²) in [7, 11) is 3.66. The molecule has 0 aliphatic carbocycles. The molecule has 2 N–H and O–H groups in total. The van der Waals surface area contributed by atoms with E-state index in [4.69, 9.17) is 10.5 Å². The van der Waals surface area contributed by atoms with E-state index in [1.807, 2.05) is 13.8 Å². The molecule has 0 saturated carbocycles. The Labute approximate surface area is 115 Å². The molecule has 1 rings (SSSR count). The van der Waals surface area contributed by atoms with E-state index in [9.17, 15) is 4.39 Å². The highest BCUT2D eigenvalue weighted by Gasteiger charge is 2.12.